The topological polar surface area (TPSA) is 18.5 Å². The molecule has 0 saturated carbocycles. The summed E-state index contributed by atoms with van der Waals surface area (Å²) in [6, 6.07) is 4.23. The number of ether oxygens (including phenoxy) is 2. The van der Waals surface area contributed by atoms with E-state index in [0.29, 0.717) is 11.5 Å². The first-order valence-corrected chi connectivity index (χ1v) is 4.45. The van der Waals surface area contributed by atoms with E-state index in [9.17, 15) is 4.39 Å². The van der Waals surface area contributed by atoms with Gasteiger partial charge in [-0.3, -0.25) is 0 Å². The van der Waals surface area contributed by atoms with E-state index in [1.54, 1.807) is 6.07 Å². The third-order valence-electron chi connectivity index (χ3n) is 1.54. The maximum atomic E-state index is 12.8. The van der Waals surface area contributed by atoms with Crippen LogP contribution in [0.15, 0.2) is 18.2 Å². The molecule has 0 radical (unpaired) electrons. The van der Waals surface area contributed by atoms with Crippen LogP contribution >= 0.6 is 0 Å². The standard InChI is InChI=1S/C11H15FO2/c1-11(2,3)14-9-6-5-8(12)7-10(9)13-4/h5-7H,1-4H3. The van der Waals surface area contributed by atoms with Gasteiger partial charge in [0.15, 0.2) is 11.5 Å². The van der Waals surface area contributed by atoms with Gasteiger partial charge in [-0.15, -0.1) is 0 Å². The van der Waals surface area contributed by atoms with Crippen LogP contribution in [0, 0.1) is 5.82 Å². The van der Waals surface area contributed by atoms with E-state index in [4.69, 9.17) is 9.47 Å². The number of hydrogen-bond acceptors (Lipinski definition) is 2. The highest BCUT2D eigenvalue weighted by molar-refractivity contribution is 5.40. The molecule has 1 aromatic rings. The number of methoxy groups -OCH3 is 1. The smallest absolute Gasteiger partial charge is 0.163 e. The number of benzene rings is 1. The summed E-state index contributed by atoms with van der Waals surface area (Å²) in [6.07, 6.45) is 0. The Labute approximate surface area is 83.6 Å². The second kappa shape index (κ2) is 3.86. The Morgan fingerprint density at radius 3 is 2.29 bits per heavy atom. The Hall–Kier alpha value is -1.25. The molecule has 0 aliphatic carbocycles. The fourth-order valence-corrected chi connectivity index (χ4v) is 1.06. The largest absolute Gasteiger partial charge is 0.493 e. The number of rotatable bonds is 2. The van der Waals surface area contributed by atoms with Crippen LogP contribution in [-0.2, 0) is 0 Å². The van der Waals surface area contributed by atoms with Crippen LogP contribution in [0.25, 0.3) is 0 Å². The molecule has 0 fully saturated rings. The first kappa shape index (κ1) is 10.8. The van der Waals surface area contributed by atoms with Gasteiger partial charge in [0.05, 0.1) is 7.11 Å². The van der Waals surface area contributed by atoms with Gasteiger partial charge in [0.25, 0.3) is 0 Å². The van der Waals surface area contributed by atoms with Crippen LogP contribution in [0.1, 0.15) is 20.8 Å². The van der Waals surface area contributed by atoms with Gasteiger partial charge in [0.2, 0.25) is 0 Å². The van der Waals surface area contributed by atoms with Gasteiger partial charge >= 0.3 is 0 Å². The van der Waals surface area contributed by atoms with E-state index >= 15 is 0 Å². The second-order valence-corrected chi connectivity index (χ2v) is 4.01. The minimum absolute atomic E-state index is 0.314. The van der Waals surface area contributed by atoms with Crippen molar-refractivity contribution in [3.05, 3.63) is 24.0 Å². The van der Waals surface area contributed by atoms with Crippen LogP contribution in [0.2, 0.25) is 0 Å². The summed E-state index contributed by atoms with van der Waals surface area (Å²) >= 11 is 0. The molecule has 0 aliphatic heterocycles. The Kier molecular flexibility index (Phi) is 2.99. The molecule has 0 atom stereocenters. The van der Waals surface area contributed by atoms with Crippen molar-refractivity contribution in [3.63, 3.8) is 0 Å². The van der Waals surface area contributed by atoms with Crippen molar-refractivity contribution in [1.29, 1.82) is 0 Å². The Balaban J connectivity index is 2.97. The zero-order valence-corrected chi connectivity index (χ0v) is 8.93. The minimum Gasteiger partial charge on any atom is -0.493 e. The fourth-order valence-electron chi connectivity index (χ4n) is 1.06. The molecular weight excluding hydrogens is 183 g/mol. The Morgan fingerprint density at radius 2 is 1.79 bits per heavy atom. The van der Waals surface area contributed by atoms with Crippen LogP contribution in [0.4, 0.5) is 4.39 Å². The molecule has 78 valence electrons. The average molecular weight is 198 g/mol. The summed E-state index contributed by atoms with van der Waals surface area (Å²) in [7, 11) is 1.49. The summed E-state index contributed by atoms with van der Waals surface area (Å²) in [5.74, 6) is 0.643. The van der Waals surface area contributed by atoms with Crippen LogP contribution in [0.5, 0.6) is 11.5 Å². The molecule has 1 rings (SSSR count). The van der Waals surface area contributed by atoms with Crippen molar-refractivity contribution in [1.82, 2.24) is 0 Å². The van der Waals surface area contributed by atoms with Crippen LogP contribution in [0.3, 0.4) is 0 Å². The molecule has 14 heavy (non-hydrogen) atoms. The molecule has 0 saturated heterocycles. The van der Waals surface area contributed by atoms with E-state index in [1.165, 1.54) is 19.2 Å². The zero-order valence-electron chi connectivity index (χ0n) is 8.93. The fraction of sp³-hybridized carbons (Fsp3) is 0.455. The first-order valence-electron chi connectivity index (χ1n) is 4.45. The predicted octanol–water partition coefficient (Wildman–Crippen LogP) is 3.01. The Bertz CT molecular complexity index is 316. The molecule has 0 N–H and O–H groups in total. The van der Waals surface area contributed by atoms with Crippen molar-refractivity contribution >= 4 is 0 Å². The van der Waals surface area contributed by atoms with Gasteiger partial charge in [-0.1, -0.05) is 0 Å². The number of hydrogen-bond donors (Lipinski definition) is 0. The molecule has 3 heteroatoms. The van der Waals surface area contributed by atoms with Crippen molar-refractivity contribution in [3.8, 4) is 11.5 Å². The lowest BCUT2D eigenvalue weighted by Gasteiger charge is -2.22. The molecule has 0 heterocycles. The monoisotopic (exact) mass is 198 g/mol. The lowest BCUT2D eigenvalue weighted by atomic mass is 10.2. The SMILES string of the molecule is COc1cc(F)ccc1OC(C)(C)C. The zero-order chi connectivity index (χ0) is 10.8. The molecule has 0 aromatic heterocycles. The van der Waals surface area contributed by atoms with E-state index in [2.05, 4.69) is 0 Å². The normalized spacial score (nSPS) is 11.2. The van der Waals surface area contributed by atoms with Crippen LogP contribution < -0.4 is 9.47 Å². The van der Waals surface area contributed by atoms with Crippen LogP contribution in [-0.4, -0.2) is 12.7 Å². The van der Waals surface area contributed by atoms with Crippen molar-refractivity contribution in [2.45, 2.75) is 26.4 Å². The summed E-state index contributed by atoms with van der Waals surface area (Å²) in [5.41, 5.74) is -0.314. The molecular formula is C11H15FO2. The summed E-state index contributed by atoms with van der Waals surface area (Å²) in [6.45, 7) is 5.78. The highest BCUT2D eigenvalue weighted by Crippen LogP contribution is 2.30. The maximum absolute atomic E-state index is 12.8. The lowest BCUT2D eigenvalue weighted by molar-refractivity contribution is 0.125. The predicted molar refractivity (Wildman–Crippen MR) is 53.3 cm³/mol. The molecule has 0 amide bonds. The van der Waals surface area contributed by atoms with Crippen molar-refractivity contribution < 1.29 is 13.9 Å². The minimum atomic E-state index is -0.330. The van der Waals surface area contributed by atoms with E-state index in [0.717, 1.165) is 0 Å². The third kappa shape index (κ3) is 2.91. The first-order chi connectivity index (χ1) is 6.42. The van der Waals surface area contributed by atoms with Gasteiger partial charge < -0.3 is 9.47 Å². The molecule has 2 nitrogen and oxygen atoms in total. The van der Waals surface area contributed by atoms with E-state index in [1.807, 2.05) is 20.8 Å². The highest BCUT2D eigenvalue weighted by atomic mass is 19.1. The van der Waals surface area contributed by atoms with Gasteiger partial charge in [0, 0.05) is 6.07 Å². The summed E-state index contributed by atoms with van der Waals surface area (Å²) < 4.78 is 23.4. The molecule has 0 aliphatic rings. The second-order valence-electron chi connectivity index (χ2n) is 4.01. The number of halogens is 1. The summed E-state index contributed by atoms with van der Waals surface area (Å²) in [5, 5.41) is 0. The molecule has 0 unspecified atom stereocenters. The van der Waals surface area contributed by atoms with Gasteiger partial charge in [0.1, 0.15) is 11.4 Å². The van der Waals surface area contributed by atoms with E-state index in [-0.39, 0.29) is 11.4 Å². The Morgan fingerprint density at radius 1 is 1.14 bits per heavy atom. The van der Waals surface area contributed by atoms with Gasteiger partial charge in [-0.2, -0.15) is 0 Å². The van der Waals surface area contributed by atoms with Gasteiger partial charge in [-0.25, -0.2) is 4.39 Å². The third-order valence-corrected chi connectivity index (χ3v) is 1.54. The molecule has 1 aromatic carbocycles. The average Bonchev–Trinajstić information content (AvgIpc) is 2.06. The maximum Gasteiger partial charge on any atom is 0.163 e. The highest BCUT2D eigenvalue weighted by Gasteiger charge is 2.15. The quantitative estimate of drug-likeness (QED) is 0.727. The van der Waals surface area contributed by atoms with Crippen molar-refractivity contribution in [2.75, 3.05) is 7.11 Å². The summed E-state index contributed by atoms with van der Waals surface area (Å²) in [4.78, 5) is 0. The molecule has 0 spiro atoms. The van der Waals surface area contributed by atoms with E-state index < -0.39 is 0 Å². The van der Waals surface area contributed by atoms with Crippen molar-refractivity contribution in [2.24, 2.45) is 0 Å². The lowest BCUT2D eigenvalue weighted by Crippen LogP contribution is -2.23. The van der Waals surface area contributed by atoms with Gasteiger partial charge in [-0.05, 0) is 32.9 Å². The molecule has 0 bridgehead atoms.